The molecule has 8 nitrogen and oxygen atoms in total. The Morgan fingerprint density at radius 1 is 1.56 bits per heavy atom. The molecule has 98 valence electrons. The Bertz CT molecular complexity index is 416. The molecule has 0 spiro atoms. The Morgan fingerprint density at radius 2 is 2.33 bits per heavy atom. The highest BCUT2D eigenvalue weighted by Gasteiger charge is 2.37. The number of carboxylic acid groups (broad SMARTS) is 1. The number of hydrogen-bond donors (Lipinski definition) is 3. The van der Waals surface area contributed by atoms with Crippen molar-refractivity contribution in [2.75, 3.05) is 6.54 Å². The van der Waals surface area contributed by atoms with Gasteiger partial charge in [0.15, 0.2) is 5.82 Å². The van der Waals surface area contributed by atoms with E-state index in [1.165, 1.54) is 6.39 Å². The molecule has 1 unspecified atom stereocenters. The number of carbonyl (C=O) groups is 2. The summed E-state index contributed by atoms with van der Waals surface area (Å²) in [4.78, 5) is 26.2. The van der Waals surface area contributed by atoms with Crippen LogP contribution in [-0.4, -0.2) is 39.8 Å². The second-order valence-electron chi connectivity index (χ2n) is 4.15. The maximum absolute atomic E-state index is 11.5. The average Bonchev–Trinajstić information content (AvgIpc) is 3.03. The van der Waals surface area contributed by atoms with Crippen LogP contribution in [0.2, 0.25) is 0 Å². The van der Waals surface area contributed by atoms with Gasteiger partial charge in [-0.25, -0.2) is 9.59 Å². The monoisotopic (exact) mass is 254 g/mol. The lowest BCUT2D eigenvalue weighted by molar-refractivity contribution is -0.139. The summed E-state index contributed by atoms with van der Waals surface area (Å²) in [7, 11) is 0. The molecule has 0 radical (unpaired) electrons. The lowest BCUT2D eigenvalue weighted by atomic mass is 10.2. The van der Waals surface area contributed by atoms with Crippen LogP contribution in [0.4, 0.5) is 4.79 Å². The number of carboxylic acids is 1. The highest BCUT2D eigenvalue weighted by Crippen LogP contribution is 2.32. The summed E-state index contributed by atoms with van der Waals surface area (Å²) < 4.78 is 4.54. The van der Waals surface area contributed by atoms with E-state index in [2.05, 4.69) is 25.3 Å². The summed E-state index contributed by atoms with van der Waals surface area (Å²) in [6.45, 7) is 0.322. The van der Waals surface area contributed by atoms with Crippen molar-refractivity contribution >= 4 is 12.0 Å². The van der Waals surface area contributed by atoms with Crippen LogP contribution in [0.1, 0.15) is 18.7 Å². The number of nitrogens with zero attached hydrogens (tertiary/aromatic N) is 2. The first-order valence-electron chi connectivity index (χ1n) is 5.69. The van der Waals surface area contributed by atoms with Crippen LogP contribution < -0.4 is 10.6 Å². The molecule has 1 aromatic heterocycles. The van der Waals surface area contributed by atoms with Crippen molar-refractivity contribution in [3.05, 3.63) is 12.2 Å². The molecule has 8 heteroatoms. The number of carbonyl (C=O) groups excluding carboxylic acids is 1. The van der Waals surface area contributed by atoms with Crippen LogP contribution in [0, 0.1) is 5.92 Å². The van der Waals surface area contributed by atoms with Gasteiger partial charge in [-0.1, -0.05) is 5.16 Å². The van der Waals surface area contributed by atoms with E-state index in [1.54, 1.807) is 0 Å². The summed E-state index contributed by atoms with van der Waals surface area (Å²) in [6, 6.07) is -1.28. The molecule has 18 heavy (non-hydrogen) atoms. The van der Waals surface area contributed by atoms with Crippen molar-refractivity contribution in [2.45, 2.75) is 25.3 Å². The van der Waals surface area contributed by atoms with E-state index in [4.69, 9.17) is 5.11 Å². The van der Waals surface area contributed by atoms with Gasteiger partial charge in [0, 0.05) is 13.0 Å². The van der Waals surface area contributed by atoms with Crippen molar-refractivity contribution in [1.29, 1.82) is 0 Å². The van der Waals surface area contributed by atoms with Gasteiger partial charge in [0.25, 0.3) is 0 Å². The first-order valence-corrected chi connectivity index (χ1v) is 5.69. The van der Waals surface area contributed by atoms with Crippen molar-refractivity contribution in [2.24, 2.45) is 5.92 Å². The maximum atomic E-state index is 11.5. The van der Waals surface area contributed by atoms with Gasteiger partial charge in [-0.05, 0) is 18.8 Å². The fourth-order valence-electron chi connectivity index (χ4n) is 1.59. The van der Waals surface area contributed by atoms with E-state index in [9.17, 15) is 9.59 Å². The Labute approximate surface area is 103 Å². The molecule has 1 saturated carbocycles. The van der Waals surface area contributed by atoms with Crippen LogP contribution in [-0.2, 0) is 11.2 Å². The average molecular weight is 254 g/mol. The number of hydrogen-bond acceptors (Lipinski definition) is 5. The first kappa shape index (κ1) is 12.3. The molecular formula is C10H14N4O4. The number of aliphatic carboxylic acids is 1. The van der Waals surface area contributed by atoms with Crippen LogP contribution in [0.15, 0.2) is 10.9 Å². The predicted molar refractivity (Wildman–Crippen MR) is 58.7 cm³/mol. The zero-order valence-electron chi connectivity index (χ0n) is 9.63. The van der Waals surface area contributed by atoms with Crippen LogP contribution in [0.25, 0.3) is 0 Å². The minimum absolute atomic E-state index is 0.0606. The van der Waals surface area contributed by atoms with E-state index < -0.39 is 18.0 Å². The minimum Gasteiger partial charge on any atom is -0.480 e. The fraction of sp³-hybridized carbons (Fsp3) is 0.600. The third kappa shape index (κ3) is 3.44. The summed E-state index contributed by atoms with van der Waals surface area (Å²) in [5.41, 5.74) is 0. The number of rotatable bonds is 6. The third-order valence-electron chi connectivity index (χ3n) is 2.69. The second kappa shape index (κ2) is 5.48. The lowest BCUT2D eigenvalue weighted by Gasteiger charge is -2.13. The molecule has 2 amide bonds. The standard InChI is InChI=1S/C10H14N4O4/c15-9(16)8(6-1-2-6)13-10(17)11-4-3-7-12-5-18-14-7/h5-6,8H,1-4H2,(H,15,16)(H2,11,13,17). The van der Waals surface area contributed by atoms with Gasteiger partial charge in [-0.2, -0.15) is 4.98 Å². The maximum Gasteiger partial charge on any atom is 0.326 e. The summed E-state index contributed by atoms with van der Waals surface area (Å²) in [5.74, 6) is -0.441. The highest BCUT2D eigenvalue weighted by molar-refractivity contribution is 5.83. The van der Waals surface area contributed by atoms with Crippen LogP contribution >= 0.6 is 0 Å². The Hall–Kier alpha value is -2.12. The van der Waals surface area contributed by atoms with Gasteiger partial charge < -0.3 is 20.3 Å². The van der Waals surface area contributed by atoms with Gasteiger partial charge >= 0.3 is 12.0 Å². The van der Waals surface area contributed by atoms with Gasteiger partial charge in [0.1, 0.15) is 6.04 Å². The predicted octanol–water partition coefficient (Wildman–Crippen LogP) is -0.226. The molecule has 0 saturated heterocycles. The van der Waals surface area contributed by atoms with Gasteiger partial charge in [0.2, 0.25) is 6.39 Å². The summed E-state index contributed by atoms with van der Waals surface area (Å²) in [5, 5.41) is 17.5. The van der Waals surface area contributed by atoms with Crippen LogP contribution in [0.3, 0.4) is 0 Å². The molecule has 1 aliphatic rings. The highest BCUT2D eigenvalue weighted by atomic mass is 16.5. The summed E-state index contributed by atoms with van der Waals surface area (Å²) >= 11 is 0. The molecule has 1 fully saturated rings. The third-order valence-corrected chi connectivity index (χ3v) is 2.69. The van der Waals surface area contributed by atoms with E-state index >= 15 is 0 Å². The molecule has 0 aromatic carbocycles. The Kier molecular flexibility index (Phi) is 3.75. The second-order valence-corrected chi connectivity index (χ2v) is 4.15. The topological polar surface area (TPSA) is 117 Å². The van der Waals surface area contributed by atoms with Crippen molar-refractivity contribution in [3.8, 4) is 0 Å². The zero-order valence-corrected chi connectivity index (χ0v) is 9.63. The number of aromatic nitrogens is 2. The van der Waals surface area contributed by atoms with E-state index in [-0.39, 0.29) is 5.92 Å². The quantitative estimate of drug-likeness (QED) is 0.645. The molecule has 0 aliphatic heterocycles. The zero-order chi connectivity index (χ0) is 13.0. The van der Waals surface area contributed by atoms with Crippen molar-refractivity contribution in [3.63, 3.8) is 0 Å². The SMILES string of the molecule is O=C(NCCc1ncon1)NC(C(=O)O)C1CC1. The first-order chi connectivity index (χ1) is 8.66. The smallest absolute Gasteiger partial charge is 0.326 e. The van der Waals surface area contributed by atoms with Crippen molar-refractivity contribution in [1.82, 2.24) is 20.8 Å². The lowest BCUT2D eigenvalue weighted by Crippen LogP contribution is -2.47. The number of nitrogens with one attached hydrogen (secondary N) is 2. The molecule has 1 atom stereocenters. The normalized spacial score (nSPS) is 16.0. The molecule has 1 heterocycles. The molecule has 2 rings (SSSR count). The van der Waals surface area contributed by atoms with Gasteiger partial charge in [0.05, 0.1) is 0 Å². The van der Waals surface area contributed by atoms with E-state index in [0.717, 1.165) is 12.8 Å². The molecule has 3 N–H and O–H groups in total. The molecular weight excluding hydrogens is 240 g/mol. The Balaban J connectivity index is 1.69. The van der Waals surface area contributed by atoms with E-state index in [0.29, 0.717) is 18.8 Å². The van der Waals surface area contributed by atoms with Gasteiger partial charge in [-0.15, -0.1) is 0 Å². The Morgan fingerprint density at radius 3 is 2.89 bits per heavy atom. The van der Waals surface area contributed by atoms with Crippen molar-refractivity contribution < 1.29 is 19.2 Å². The molecule has 1 aliphatic carbocycles. The number of amides is 2. The summed E-state index contributed by atoms with van der Waals surface area (Å²) in [6.07, 6.45) is 3.34. The fourth-order valence-corrected chi connectivity index (χ4v) is 1.59. The largest absolute Gasteiger partial charge is 0.480 e. The van der Waals surface area contributed by atoms with Gasteiger partial charge in [-0.3, -0.25) is 0 Å². The van der Waals surface area contributed by atoms with Crippen LogP contribution in [0.5, 0.6) is 0 Å². The molecule has 0 bridgehead atoms. The van der Waals surface area contributed by atoms with E-state index in [1.807, 2.05) is 0 Å². The minimum atomic E-state index is -0.995. The number of urea groups is 1. The molecule has 1 aromatic rings.